The Morgan fingerprint density at radius 1 is 0.933 bits per heavy atom. The molecular weight excluding hydrogens is 184 g/mol. The molecule has 0 spiro atoms. The first-order valence-electron chi connectivity index (χ1n) is 6.13. The van der Waals surface area contributed by atoms with Gasteiger partial charge in [0.05, 0.1) is 5.66 Å². The van der Waals surface area contributed by atoms with Gasteiger partial charge in [0.25, 0.3) is 0 Å². The molecule has 0 aromatic rings. The van der Waals surface area contributed by atoms with E-state index in [1.54, 1.807) is 0 Å². The van der Waals surface area contributed by atoms with Gasteiger partial charge in [0.15, 0.2) is 0 Å². The molecule has 0 aliphatic carbocycles. The van der Waals surface area contributed by atoms with E-state index in [4.69, 9.17) is 0 Å². The molecular formula is C13H30N2. The Morgan fingerprint density at radius 2 is 1.40 bits per heavy atom. The maximum atomic E-state index is 2.52. The van der Waals surface area contributed by atoms with Gasteiger partial charge in [0.2, 0.25) is 0 Å². The fraction of sp³-hybridized carbons (Fsp3) is 1.00. The molecule has 0 aliphatic heterocycles. The molecule has 0 aromatic carbocycles. The molecule has 1 atom stereocenters. The highest BCUT2D eigenvalue weighted by atomic mass is 15.4. The molecule has 0 amide bonds. The summed E-state index contributed by atoms with van der Waals surface area (Å²) in [4.78, 5) is 4.86. The zero-order chi connectivity index (χ0) is 12.3. The minimum Gasteiger partial charge on any atom is -0.292 e. The Balaban J connectivity index is 4.92. The average molecular weight is 214 g/mol. The molecule has 92 valence electrons. The van der Waals surface area contributed by atoms with Crippen molar-refractivity contribution in [1.82, 2.24) is 9.80 Å². The Morgan fingerprint density at radius 3 is 1.67 bits per heavy atom. The smallest absolute Gasteiger partial charge is 0.0705 e. The average Bonchev–Trinajstić information content (AvgIpc) is 2.16. The Kier molecular flexibility index (Phi) is 5.28. The van der Waals surface area contributed by atoms with Crippen LogP contribution in [0.2, 0.25) is 0 Å². The highest BCUT2D eigenvalue weighted by Gasteiger charge is 2.37. The zero-order valence-corrected chi connectivity index (χ0v) is 12.0. The largest absolute Gasteiger partial charge is 0.292 e. The van der Waals surface area contributed by atoms with Gasteiger partial charge >= 0.3 is 0 Å². The van der Waals surface area contributed by atoms with Crippen LogP contribution in [-0.2, 0) is 0 Å². The van der Waals surface area contributed by atoms with Gasteiger partial charge in [-0.3, -0.25) is 9.80 Å². The van der Waals surface area contributed by atoms with Crippen molar-refractivity contribution >= 4 is 0 Å². The first kappa shape index (κ1) is 14.9. The second kappa shape index (κ2) is 5.31. The summed E-state index contributed by atoms with van der Waals surface area (Å²) in [6.45, 7) is 11.5. The maximum Gasteiger partial charge on any atom is 0.0705 e. The molecule has 2 nitrogen and oxygen atoms in total. The first-order valence-corrected chi connectivity index (χ1v) is 6.13. The van der Waals surface area contributed by atoms with Gasteiger partial charge in [-0.15, -0.1) is 0 Å². The fourth-order valence-corrected chi connectivity index (χ4v) is 2.05. The summed E-state index contributed by atoms with van der Waals surface area (Å²) < 4.78 is 0. The van der Waals surface area contributed by atoms with E-state index in [2.05, 4.69) is 65.6 Å². The molecule has 0 aromatic heterocycles. The van der Waals surface area contributed by atoms with Crippen molar-refractivity contribution in [2.45, 2.75) is 65.1 Å². The van der Waals surface area contributed by atoms with Crippen LogP contribution in [0.5, 0.6) is 0 Å². The van der Waals surface area contributed by atoms with Crippen LogP contribution >= 0.6 is 0 Å². The summed E-state index contributed by atoms with van der Waals surface area (Å²) in [6.07, 6.45) is 3.61. The fourth-order valence-electron chi connectivity index (χ4n) is 2.05. The maximum absolute atomic E-state index is 2.52. The van der Waals surface area contributed by atoms with Crippen LogP contribution in [0.25, 0.3) is 0 Å². The van der Waals surface area contributed by atoms with Crippen molar-refractivity contribution in [1.29, 1.82) is 0 Å². The Labute approximate surface area is 96.6 Å². The van der Waals surface area contributed by atoms with Crippen molar-refractivity contribution < 1.29 is 0 Å². The van der Waals surface area contributed by atoms with E-state index in [1.807, 2.05) is 0 Å². The first-order chi connectivity index (χ1) is 6.72. The molecule has 0 aliphatic rings. The SMILES string of the molecule is CCCC(C)(N(C)C)N(C)C(C)(C)CC. The second-order valence-corrected chi connectivity index (χ2v) is 5.59. The number of hydrogen-bond acceptors (Lipinski definition) is 2. The van der Waals surface area contributed by atoms with Crippen LogP contribution in [0.15, 0.2) is 0 Å². The van der Waals surface area contributed by atoms with Gasteiger partial charge in [-0.05, 0) is 54.8 Å². The number of rotatable bonds is 6. The van der Waals surface area contributed by atoms with Crippen LogP contribution in [-0.4, -0.2) is 42.1 Å². The van der Waals surface area contributed by atoms with Gasteiger partial charge in [0, 0.05) is 5.54 Å². The van der Waals surface area contributed by atoms with Gasteiger partial charge in [-0.1, -0.05) is 20.3 Å². The third-order valence-electron chi connectivity index (χ3n) is 4.18. The summed E-state index contributed by atoms with van der Waals surface area (Å²) in [7, 11) is 6.61. The normalized spacial score (nSPS) is 17.2. The minimum absolute atomic E-state index is 0.161. The lowest BCUT2D eigenvalue weighted by Gasteiger charge is -2.51. The van der Waals surface area contributed by atoms with Crippen LogP contribution in [0.1, 0.15) is 53.9 Å². The number of nitrogens with zero attached hydrogens (tertiary/aromatic N) is 2. The van der Waals surface area contributed by atoms with E-state index < -0.39 is 0 Å². The third-order valence-corrected chi connectivity index (χ3v) is 4.18. The van der Waals surface area contributed by atoms with E-state index in [9.17, 15) is 0 Å². The molecule has 0 N–H and O–H groups in total. The molecule has 1 unspecified atom stereocenters. The number of hydrogen-bond donors (Lipinski definition) is 0. The molecule has 0 bridgehead atoms. The lowest BCUT2D eigenvalue weighted by molar-refractivity contribution is -0.0651. The topological polar surface area (TPSA) is 6.48 Å². The van der Waals surface area contributed by atoms with Crippen LogP contribution in [0, 0.1) is 0 Å². The zero-order valence-electron chi connectivity index (χ0n) is 12.0. The highest BCUT2D eigenvalue weighted by molar-refractivity contribution is 4.90. The molecule has 0 saturated heterocycles. The van der Waals surface area contributed by atoms with Crippen LogP contribution in [0.3, 0.4) is 0 Å². The quantitative estimate of drug-likeness (QED) is 0.627. The molecule has 0 heterocycles. The second-order valence-electron chi connectivity index (χ2n) is 5.59. The van der Waals surface area contributed by atoms with Gasteiger partial charge in [-0.25, -0.2) is 0 Å². The van der Waals surface area contributed by atoms with E-state index in [-0.39, 0.29) is 11.2 Å². The molecule has 0 fully saturated rings. The van der Waals surface area contributed by atoms with E-state index in [1.165, 1.54) is 19.3 Å². The highest BCUT2D eigenvalue weighted by Crippen LogP contribution is 2.30. The van der Waals surface area contributed by atoms with Gasteiger partial charge < -0.3 is 0 Å². The molecule has 0 rings (SSSR count). The summed E-state index contributed by atoms with van der Waals surface area (Å²) in [5.41, 5.74) is 0.419. The Hall–Kier alpha value is -0.0800. The third kappa shape index (κ3) is 3.18. The van der Waals surface area contributed by atoms with E-state index >= 15 is 0 Å². The summed E-state index contributed by atoms with van der Waals surface area (Å²) in [6, 6.07) is 0. The predicted molar refractivity (Wildman–Crippen MR) is 69.1 cm³/mol. The lowest BCUT2D eigenvalue weighted by atomic mass is 9.92. The van der Waals surface area contributed by atoms with Crippen molar-refractivity contribution in [3.8, 4) is 0 Å². The molecule has 0 radical (unpaired) electrons. The van der Waals surface area contributed by atoms with Crippen molar-refractivity contribution in [2.24, 2.45) is 0 Å². The predicted octanol–water partition coefficient (Wildman–Crippen LogP) is 3.18. The van der Waals surface area contributed by atoms with Crippen molar-refractivity contribution in [2.75, 3.05) is 21.1 Å². The standard InChI is InChI=1S/C13H30N2/c1-9-11-13(5,14(6)7)15(8)12(3,4)10-2/h9-11H2,1-8H3. The van der Waals surface area contributed by atoms with E-state index in [0.29, 0.717) is 0 Å². The minimum atomic E-state index is 0.161. The van der Waals surface area contributed by atoms with Crippen molar-refractivity contribution in [3.63, 3.8) is 0 Å². The summed E-state index contributed by atoms with van der Waals surface area (Å²) in [5, 5.41) is 0. The molecule has 2 heteroatoms. The van der Waals surface area contributed by atoms with Crippen molar-refractivity contribution in [3.05, 3.63) is 0 Å². The van der Waals surface area contributed by atoms with Gasteiger partial charge in [-0.2, -0.15) is 0 Å². The Bertz CT molecular complexity index is 187. The molecule has 0 saturated carbocycles. The van der Waals surface area contributed by atoms with Crippen LogP contribution < -0.4 is 0 Å². The summed E-state index contributed by atoms with van der Waals surface area (Å²) >= 11 is 0. The van der Waals surface area contributed by atoms with Gasteiger partial charge in [0.1, 0.15) is 0 Å². The summed E-state index contributed by atoms with van der Waals surface area (Å²) in [5.74, 6) is 0. The lowest BCUT2D eigenvalue weighted by Crippen LogP contribution is -2.61. The van der Waals surface area contributed by atoms with Crippen LogP contribution in [0.4, 0.5) is 0 Å². The monoisotopic (exact) mass is 214 g/mol. The molecule has 15 heavy (non-hydrogen) atoms. The van der Waals surface area contributed by atoms with E-state index in [0.717, 1.165) is 0 Å².